The number of benzene rings is 3. The molecule has 1 N–H and O–H groups in total. The van der Waals surface area contributed by atoms with E-state index in [0.717, 1.165) is 52.0 Å². The molecule has 1 heterocycles. The lowest BCUT2D eigenvalue weighted by Gasteiger charge is -2.35. The van der Waals surface area contributed by atoms with Gasteiger partial charge in [0.25, 0.3) is 0 Å². The Morgan fingerprint density at radius 3 is 2.33 bits per heavy atom. The molecule has 2 amide bonds. The van der Waals surface area contributed by atoms with Crippen LogP contribution in [0.15, 0.2) is 77.3 Å². The molecule has 1 saturated carbocycles. The van der Waals surface area contributed by atoms with Gasteiger partial charge in [0.1, 0.15) is 25.8 Å². The zero-order chi connectivity index (χ0) is 31.8. The average Bonchev–Trinajstić information content (AvgIpc) is 3.05. The number of nitrogens with one attached hydrogen (secondary N) is 1. The van der Waals surface area contributed by atoms with Gasteiger partial charge in [0.05, 0.1) is 11.4 Å². The van der Waals surface area contributed by atoms with E-state index in [0.29, 0.717) is 30.4 Å². The SMILES string of the molecule is CCS(=O)(=O)N(CC(=O)N(Cc1cccc(Br)c1)C(Cc1ccccc1)C(=O)NC1CCCCC1)c1ccc2c(c1)OCCO2. The standard InChI is InChI=1S/C34H40BrN3O6S/c1-2-45(41,42)38(29-16-17-31-32(22-29)44-19-18-43-31)24-33(39)37(23-26-12-9-13-27(35)20-26)30(21-25-10-5-3-6-11-25)34(40)36-28-14-7-4-8-15-28/h3,5-6,9-13,16-17,20,22,28,30H,2,4,7-8,14-15,18-19,21,23-24H2,1H3,(H,36,40). The van der Waals surface area contributed by atoms with E-state index in [4.69, 9.17) is 9.47 Å². The molecule has 9 nitrogen and oxygen atoms in total. The van der Waals surface area contributed by atoms with Crippen molar-refractivity contribution in [1.29, 1.82) is 0 Å². The first-order valence-corrected chi connectivity index (χ1v) is 17.9. The van der Waals surface area contributed by atoms with Crippen LogP contribution in [0, 0.1) is 0 Å². The Hall–Kier alpha value is -3.57. The number of hydrogen-bond donors (Lipinski definition) is 1. The van der Waals surface area contributed by atoms with Crippen LogP contribution in [0.1, 0.15) is 50.2 Å². The van der Waals surface area contributed by atoms with Gasteiger partial charge in [-0.05, 0) is 55.2 Å². The lowest BCUT2D eigenvalue weighted by molar-refractivity contribution is -0.140. The number of amides is 2. The van der Waals surface area contributed by atoms with E-state index < -0.39 is 28.5 Å². The molecule has 1 aliphatic carbocycles. The lowest BCUT2D eigenvalue weighted by Crippen LogP contribution is -2.55. The summed E-state index contributed by atoms with van der Waals surface area (Å²) in [5.74, 6) is 0.00156. The number of ether oxygens (including phenoxy) is 2. The van der Waals surface area contributed by atoms with E-state index >= 15 is 0 Å². The third-order valence-electron chi connectivity index (χ3n) is 8.26. The molecule has 0 saturated heterocycles. The van der Waals surface area contributed by atoms with Crippen LogP contribution in [0.4, 0.5) is 5.69 Å². The maximum absolute atomic E-state index is 14.5. The number of carbonyl (C=O) groups is 2. The number of halogens is 1. The molecule has 1 unspecified atom stereocenters. The van der Waals surface area contributed by atoms with Gasteiger partial charge >= 0.3 is 0 Å². The zero-order valence-corrected chi connectivity index (χ0v) is 27.9. The molecule has 0 radical (unpaired) electrons. The van der Waals surface area contributed by atoms with E-state index in [1.807, 2.05) is 54.6 Å². The highest BCUT2D eigenvalue weighted by Crippen LogP contribution is 2.35. The molecular weight excluding hydrogens is 658 g/mol. The van der Waals surface area contributed by atoms with Gasteiger partial charge in [-0.2, -0.15) is 0 Å². The molecular formula is C34H40BrN3O6S. The molecule has 0 bridgehead atoms. The van der Waals surface area contributed by atoms with Crippen molar-refractivity contribution in [2.75, 3.05) is 29.8 Å². The first kappa shape index (κ1) is 32.8. The van der Waals surface area contributed by atoms with Crippen LogP contribution in [0.25, 0.3) is 0 Å². The highest BCUT2D eigenvalue weighted by Gasteiger charge is 2.35. The highest BCUT2D eigenvalue weighted by atomic mass is 79.9. The number of rotatable bonds is 12. The van der Waals surface area contributed by atoms with E-state index in [1.54, 1.807) is 25.1 Å². The van der Waals surface area contributed by atoms with Crippen molar-refractivity contribution in [3.8, 4) is 11.5 Å². The number of nitrogens with zero attached hydrogens (tertiary/aromatic N) is 2. The molecule has 1 atom stereocenters. The zero-order valence-electron chi connectivity index (χ0n) is 25.5. The second-order valence-corrected chi connectivity index (χ2v) is 14.5. The van der Waals surface area contributed by atoms with Gasteiger partial charge in [-0.1, -0.05) is 77.7 Å². The minimum Gasteiger partial charge on any atom is -0.486 e. The highest BCUT2D eigenvalue weighted by molar-refractivity contribution is 9.10. The summed E-state index contributed by atoms with van der Waals surface area (Å²) in [6, 6.07) is 21.2. The van der Waals surface area contributed by atoms with Gasteiger partial charge in [-0.25, -0.2) is 8.42 Å². The van der Waals surface area contributed by atoms with Gasteiger partial charge in [0.15, 0.2) is 11.5 Å². The first-order valence-electron chi connectivity index (χ1n) is 15.5. The third-order valence-corrected chi connectivity index (χ3v) is 10.5. The van der Waals surface area contributed by atoms with E-state index in [2.05, 4.69) is 21.2 Å². The van der Waals surface area contributed by atoms with Crippen molar-refractivity contribution < 1.29 is 27.5 Å². The quantitative estimate of drug-likeness (QED) is 0.269. The Morgan fingerprint density at radius 1 is 0.911 bits per heavy atom. The lowest BCUT2D eigenvalue weighted by atomic mass is 9.94. The molecule has 240 valence electrons. The van der Waals surface area contributed by atoms with Crippen LogP contribution >= 0.6 is 15.9 Å². The monoisotopic (exact) mass is 697 g/mol. The molecule has 2 aliphatic rings. The predicted molar refractivity (Wildman–Crippen MR) is 178 cm³/mol. The van der Waals surface area contributed by atoms with E-state index in [1.165, 1.54) is 4.90 Å². The van der Waals surface area contributed by atoms with Gasteiger partial charge in [0, 0.05) is 29.5 Å². The molecule has 5 rings (SSSR count). The number of fused-ring (bicyclic) bond motifs is 1. The minimum absolute atomic E-state index is 0.0435. The van der Waals surface area contributed by atoms with Crippen molar-refractivity contribution in [3.63, 3.8) is 0 Å². The average molecular weight is 699 g/mol. The summed E-state index contributed by atoms with van der Waals surface area (Å²) in [6.07, 6.45) is 5.33. The fourth-order valence-electron chi connectivity index (χ4n) is 5.84. The summed E-state index contributed by atoms with van der Waals surface area (Å²) in [7, 11) is -3.89. The molecule has 1 aliphatic heterocycles. The Kier molecular flexibility index (Phi) is 11.0. The van der Waals surface area contributed by atoms with Gasteiger partial charge in [-0.15, -0.1) is 0 Å². The van der Waals surface area contributed by atoms with Crippen molar-refractivity contribution in [3.05, 3.63) is 88.4 Å². The minimum atomic E-state index is -3.89. The Bertz CT molecular complexity index is 1580. The maximum atomic E-state index is 14.5. The summed E-state index contributed by atoms with van der Waals surface area (Å²) >= 11 is 3.52. The number of anilines is 1. The van der Waals surface area contributed by atoms with Crippen molar-refractivity contribution in [2.24, 2.45) is 0 Å². The van der Waals surface area contributed by atoms with Crippen molar-refractivity contribution >= 4 is 43.5 Å². The summed E-state index contributed by atoms with van der Waals surface area (Å²) in [5.41, 5.74) is 2.01. The molecule has 3 aromatic carbocycles. The van der Waals surface area contributed by atoms with Gasteiger partial charge in [0.2, 0.25) is 21.8 Å². The summed E-state index contributed by atoms with van der Waals surface area (Å²) < 4.78 is 40.3. The summed E-state index contributed by atoms with van der Waals surface area (Å²) in [5, 5.41) is 3.23. The van der Waals surface area contributed by atoms with Crippen molar-refractivity contribution in [2.45, 2.75) is 64.1 Å². The van der Waals surface area contributed by atoms with E-state index in [9.17, 15) is 18.0 Å². The fraction of sp³-hybridized carbons (Fsp3) is 0.412. The molecule has 3 aromatic rings. The second kappa shape index (κ2) is 15.1. The number of hydrogen-bond acceptors (Lipinski definition) is 6. The molecule has 1 fully saturated rings. The predicted octanol–water partition coefficient (Wildman–Crippen LogP) is 5.47. The van der Waals surface area contributed by atoms with E-state index in [-0.39, 0.29) is 30.7 Å². The van der Waals surface area contributed by atoms with Crippen LogP contribution < -0.4 is 19.1 Å². The molecule has 0 aromatic heterocycles. The summed E-state index contributed by atoms with van der Waals surface area (Å²) in [6.45, 7) is 1.92. The van der Waals surface area contributed by atoms with Gasteiger partial charge < -0.3 is 19.7 Å². The number of carbonyl (C=O) groups excluding carboxylic acids is 2. The Balaban J connectivity index is 1.52. The van der Waals surface area contributed by atoms with Crippen molar-refractivity contribution in [1.82, 2.24) is 10.2 Å². The topological polar surface area (TPSA) is 105 Å². The van der Waals surface area contributed by atoms with Crippen LogP contribution in [-0.2, 0) is 32.6 Å². The maximum Gasteiger partial charge on any atom is 0.244 e. The fourth-order valence-corrected chi connectivity index (χ4v) is 7.34. The van der Waals surface area contributed by atoms with Crippen LogP contribution in [0.3, 0.4) is 0 Å². The Morgan fingerprint density at radius 2 is 1.62 bits per heavy atom. The first-order chi connectivity index (χ1) is 21.7. The Labute approximate surface area is 274 Å². The normalized spacial score (nSPS) is 15.6. The largest absolute Gasteiger partial charge is 0.486 e. The van der Waals surface area contributed by atoms with Crippen LogP contribution in [-0.4, -0.2) is 62.7 Å². The van der Waals surface area contributed by atoms with Gasteiger partial charge in [-0.3, -0.25) is 13.9 Å². The van der Waals surface area contributed by atoms with Crippen LogP contribution in [0.5, 0.6) is 11.5 Å². The smallest absolute Gasteiger partial charge is 0.244 e. The molecule has 11 heteroatoms. The molecule has 0 spiro atoms. The third kappa shape index (κ3) is 8.58. The van der Waals surface area contributed by atoms with Crippen LogP contribution in [0.2, 0.25) is 0 Å². The molecule has 45 heavy (non-hydrogen) atoms. The summed E-state index contributed by atoms with van der Waals surface area (Å²) in [4.78, 5) is 30.1. The number of sulfonamides is 1. The second-order valence-electron chi connectivity index (χ2n) is 11.4.